The molecule has 0 unspecified atom stereocenters. The first-order valence-corrected chi connectivity index (χ1v) is 4.35. The van der Waals surface area contributed by atoms with Crippen LogP contribution >= 0.6 is 0 Å². The van der Waals surface area contributed by atoms with E-state index in [1.807, 2.05) is 0 Å². The van der Waals surface area contributed by atoms with Gasteiger partial charge in [0.25, 0.3) is 0 Å². The van der Waals surface area contributed by atoms with Crippen molar-refractivity contribution in [3.63, 3.8) is 0 Å². The molecule has 2 N–H and O–H groups in total. The van der Waals surface area contributed by atoms with Gasteiger partial charge < -0.3 is 10.2 Å². The van der Waals surface area contributed by atoms with E-state index in [0.717, 1.165) is 6.26 Å². The molecule has 0 saturated heterocycles. The highest BCUT2D eigenvalue weighted by Gasteiger charge is 2.37. The smallest absolute Gasteiger partial charge is 0.441 e. The van der Waals surface area contributed by atoms with E-state index in [-0.39, 0.29) is 5.69 Å². The van der Waals surface area contributed by atoms with Crippen molar-refractivity contribution in [2.45, 2.75) is 6.18 Å². The molecular formula is C10H7F3N2O. The van der Waals surface area contributed by atoms with Crippen molar-refractivity contribution in [2.75, 3.05) is 5.73 Å². The van der Waals surface area contributed by atoms with E-state index in [0.29, 0.717) is 11.3 Å². The first kappa shape index (κ1) is 10.5. The molecule has 84 valence electrons. The maximum Gasteiger partial charge on any atom is 0.468 e. The van der Waals surface area contributed by atoms with Crippen LogP contribution in [0, 0.1) is 0 Å². The Labute approximate surface area is 88.7 Å². The molecule has 0 aliphatic heterocycles. The van der Waals surface area contributed by atoms with Gasteiger partial charge in [-0.2, -0.15) is 13.2 Å². The zero-order chi connectivity index (χ0) is 11.8. The third kappa shape index (κ3) is 2.00. The van der Waals surface area contributed by atoms with Crippen LogP contribution in [0.4, 0.5) is 18.9 Å². The summed E-state index contributed by atoms with van der Waals surface area (Å²) >= 11 is 0. The molecule has 1 heterocycles. The maximum absolute atomic E-state index is 12.2. The lowest BCUT2D eigenvalue weighted by Crippen LogP contribution is -2.04. The van der Waals surface area contributed by atoms with Gasteiger partial charge in [0.15, 0.2) is 0 Å². The molecule has 1 aromatic carbocycles. The molecule has 2 aromatic rings. The summed E-state index contributed by atoms with van der Waals surface area (Å²) in [6.07, 6.45) is -3.61. The fourth-order valence-electron chi connectivity index (χ4n) is 1.23. The van der Waals surface area contributed by atoms with Gasteiger partial charge in [0.05, 0.1) is 0 Å². The number of nitrogen functional groups attached to an aromatic ring is 1. The van der Waals surface area contributed by atoms with Crippen molar-refractivity contribution in [3.05, 3.63) is 36.4 Å². The molecule has 2 rings (SSSR count). The molecule has 0 bridgehead atoms. The number of rotatable bonds is 1. The summed E-state index contributed by atoms with van der Waals surface area (Å²) in [6.45, 7) is 0. The average Bonchev–Trinajstić information content (AvgIpc) is 2.65. The quantitative estimate of drug-likeness (QED) is 0.763. The fraction of sp³-hybridized carbons (Fsp3) is 0.100. The Morgan fingerprint density at radius 1 is 1.25 bits per heavy atom. The van der Waals surface area contributed by atoms with Crippen LogP contribution < -0.4 is 5.73 Å². The summed E-state index contributed by atoms with van der Waals surface area (Å²) in [4.78, 5) is 3.35. The second-order valence-electron chi connectivity index (χ2n) is 3.16. The number of hydrogen-bond donors (Lipinski definition) is 1. The van der Waals surface area contributed by atoms with Crippen molar-refractivity contribution in [1.29, 1.82) is 0 Å². The standard InChI is InChI=1S/C10H7F3N2O/c11-10(12,13)9-15-8(5-16-9)6-2-1-3-7(14)4-6/h1-5H,14H2. The normalized spacial score (nSPS) is 11.7. The molecule has 3 nitrogen and oxygen atoms in total. The number of nitrogens with zero attached hydrogens (tertiary/aromatic N) is 1. The second-order valence-corrected chi connectivity index (χ2v) is 3.16. The SMILES string of the molecule is Nc1cccc(-c2coc(C(F)(F)F)n2)c1. The summed E-state index contributed by atoms with van der Waals surface area (Å²) in [5.74, 6) is -1.26. The molecule has 6 heteroatoms. The van der Waals surface area contributed by atoms with Gasteiger partial charge in [-0.15, -0.1) is 0 Å². The van der Waals surface area contributed by atoms with Crippen molar-refractivity contribution in [2.24, 2.45) is 0 Å². The van der Waals surface area contributed by atoms with Gasteiger partial charge in [-0.1, -0.05) is 12.1 Å². The van der Waals surface area contributed by atoms with Crippen LogP contribution in [0.1, 0.15) is 5.89 Å². The number of halogens is 3. The lowest BCUT2D eigenvalue weighted by molar-refractivity contribution is -0.157. The lowest BCUT2D eigenvalue weighted by Gasteiger charge is -1.98. The topological polar surface area (TPSA) is 52.0 Å². The highest BCUT2D eigenvalue weighted by Crippen LogP contribution is 2.31. The molecule has 1 aromatic heterocycles. The van der Waals surface area contributed by atoms with Crippen LogP contribution in [0.5, 0.6) is 0 Å². The molecule has 0 fully saturated rings. The Balaban J connectivity index is 2.39. The Hall–Kier alpha value is -1.98. The van der Waals surface area contributed by atoms with Gasteiger partial charge in [-0.05, 0) is 12.1 Å². The van der Waals surface area contributed by atoms with Crippen molar-refractivity contribution >= 4 is 5.69 Å². The zero-order valence-corrected chi connectivity index (χ0v) is 7.95. The van der Waals surface area contributed by atoms with Crippen LogP contribution in [-0.2, 0) is 6.18 Å². The lowest BCUT2D eigenvalue weighted by atomic mass is 10.1. The molecule has 0 aliphatic rings. The summed E-state index contributed by atoms with van der Waals surface area (Å²) < 4.78 is 41.0. The number of oxazole rings is 1. The number of nitrogens with two attached hydrogens (primary N) is 1. The highest BCUT2D eigenvalue weighted by molar-refractivity contribution is 5.63. The van der Waals surface area contributed by atoms with Crippen molar-refractivity contribution < 1.29 is 17.6 Å². The van der Waals surface area contributed by atoms with E-state index in [9.17, 15) is 13.2 Å². The zero-order valence-electron chi connectivity index (χ0n) is 7.95. The number of aromatic nitrogens is 1. The predicted octanol–water partition coefficient (Wildman–Crippen LogP) is 2.94. The van der Waals surface area contributed by atoms with Crippen molar-refractivity contribution in [3.8, 4) is 11.3 Å². The molecule has 0 spiro atoms. The number of alkyl halides is 3. The van der Waals surface area contributed by atoms with Gasteiger partial charge in [-0.25, -0.2) is 4.98 Å². The van der Waals surface area contributed by atoms with E-state index >= 15 is 0 Å². The maximum atomic E-state index is 12.2. The van der Waals surface area contributed by atoms with Crippen LogP contribution in [0.3, 0.4) is 0 Å². The minimum absolute atomic E-state index is 0.111. The number of benzene rings is 1. The third-order valence-corrected chi connectivity index (χ3v) is 1.93. The molecule has 0 aliphatic carbocycles. The summed E-state index contributed by atoms with van der Waals surface area (Å²) in [5, 5.41) is 0. The van der Waals surface area contributed by atoms with Gasteiger partial charge in [0.2, 0.25) is 0 Å². The van der Waals surface area contributed by atoms with Gasteiger partial charge in [-0.3, -0.25) is 0 Å². The minimum atomic E-state index is -4.57. The number of anilines is 1. The van der Waals surface area contributed by atoms with E-state index in [4.69, 9.17) is 5.73 Å². The summed E-state index contributed by atoms with van der Waals surface area (Å²) in [5.41, 5.74) is 6.56. The third-order valence-electron chi connectivity index (χ3n) is 1.93. The van der Waals surface area contributed by atoms with Gasteiger partial charge in [0, 0.05) is 11.3 Å². The predicted molar refractivity (Wildman–Crippen MR) is 51.4 cm³/mol. The van der Waals surface area contributed by atoms with Gasteiger partial charge >= 0.3 is 12.1 Å². The Bertz CT molecular complexity index is 505. The van der Waals surface area contributed by atoms with E-state index in [1.54, 1.807) is 18.2 Å². The molecule has 16 heavy (non-hydrogen) atoms. The van der Waals surface area contributed by atoms with Gasteiger partial charge in [0.1, 0.15) is 12.0 Å². The molecular weight excluding hydrogens is 221 g/mol. The highest BCUT2D eigenvalue weighted by atomic mass is 19.4. The van der Waals surface area contributed by atoms with E-state index in [1.165, 1.54) is 6.07 Å². The molecule has 0 saturated carbocycles. The monoisotopic (exact) mass is 228 g/mol. The molecule has 0 atom stereocenters. The summed E-state index contributed by atoms with van der Waals surface area (Å²) in [7, 11) is 0. The van der Waals surface area contributed by atoms with Crippen LogP contribution in [0.25, 0.3) is 11.3 Å². The summed E-state index contributed by atoms with van der Waals surface area (Å²) in [6, 6.07) is 6.40. The van der Waals surface area contributed by atoms with Crippen LogP contribution in [-0.4, -0.2) is 4.98 Å². The Morgan fingerprint density at radius 2 is 2.00 bits per heavy atom. The minimum Gasteiger partial charge on any atom is -0.441 e. The van der Waals surface area contributed by atoms with E-state index in [2.05, 4.69) is 9.40 Å². The number of hydrogen-bond acceptors (Lipinski definition) is 3. The molecule has 0 radical (unpaired) electrons. The van der Waals surface area contributed by atoms with E-state index < -0.39 is 12.1 Å². The Morgan fingerprint density at radius 3 is 2.56 bits per heavy atom. The molecule has 0 amide bonds. The largest absolute Gasteiger partial charge is 0.468 e. The Kier molecular flexibility index (Phi) is 2.34. The van der Waals surface area contributed by atoms with Crippen molar-refractivity contribution in [1.82, 2.24) is 4.98 Å². The second kappa shape index (κ2) is 3.55. The fourth-order valence-corrected chi connectivity index (χ4v) is 1.23. The first-order valence-electron chi connectivity index (χ1n) is 4.35. The van der Waals surface area contributed by atoms with Crippen LogP contribution in [0.2, 0.25) is 0 Å². The van der Waals surface area contributed by atoms with Crippen LogP contribution in [0.15, 0.2) is 34.9 Å². The average molecular weight is 228 g/mol. The first-order chi connectivity index (χ1) is 7.47.